The van der Waals surface area contributed by atoms with Crippen LogP contribution in [0, 0.1) is 6.92 Å². The number of hydrogen-bond donors (Lipinski definition) is 1. The number of benzene rings is 4. The average molecular weight is 495 g/mol. The number of fused-ring (bicyclic) bond motifs is 2. The molecule has 1 unspecified atom stereocenters. The molecular weight excluding hydrogens is 460 g/mol. The van der Waals surface area contributed by atoms with E-state index in [-0.39, 0.29) is 12.0 Å². The summed E-state index contributed by atoms with van der Waals surface area (Å²) in [6, 6.07) is 29.3. The van der Waals surface area contributed by atoms with Crippen LogP contribution >= 0.6 is 0 Å². The third-order valence-corrected chi connectivity index (χ3v) is 7.34. The number of nitrogens with one attached hydrogen (secondary N) is 1. The highest BCUT2D eigenvalue weighted by Gasteiger charge is 2.36. The molecule has 1 aliphatic heterocycles. The van der Waals surface area contributed by atoms with Gasteiger partial charge in [-0.3, -0.25) is 0 Å². The molecule has 190 valence electrons. The Balaban J connectivity index is 1.36. The fourth-order valence-electron chi connectivity index (χ4n) is 5.24. The van der Waals surface area contributed by atoms with Gasteiger partial charge in [0.15, 0.2) is 0 Å². The molecule has 0 radical (unpaired) electrons. The molecule has 0 bridgehead atoms. The van der Waals surface area contributed by atoms with Crippen LogP contribution in [0.2, 0.25) is 0 Å². The Morgan fingerprint density at radius 2 is 1.81 bits per heavy atom. The summed E-state index contributed by atoms with van der Waals surface area (Å²) in [7, 11) is 1.42. The van der Waals surface area contributed by atoms with E-state index in [0.29, 0.717) is 12.1 Å². The Morgan fingerprint density at radius 3 is 2.65 bits per heavy atom. The van der Waals surface area contributed by atoms with Crippen LogP contribution in [-0.2, 0) is 4.74 Å². The van der Waals surface area contributed by atoms with Gasteiger partial charge in [0.2, 0.25) is 0 Å². The van der Waals surface area contributed by atoms with Gasteiger partial charge in [0.25, 0.3) is 0 Å². The first-order chi connectivity index (χ1) is 17.9. The summed E-state index contributed by atoms with van der Waals surface area (Å²) in [4.78, 5) is 14.6. The van der Waals surface area contributed by atoms with Crippen molar-refractivity contribution in [3.8, 4) is 5.75 Å². The number of aryl methyl sites for hydroxylation is 1. The smallest absolute Gasteiger partial charge is 0.338 e. The van der Waals surface area contributed by atoms with Gasteiger partial charge in [0.1, 0.15) is 11.4 Å². The monoisotopic (exact) mass is 494 g/mol. The Labute approximate surface area is 219 Å². The maximum Gasteiger partial charge on any atom is 0.338 e. The lowest BCUT2D eigenvalue weighted by atomic mass is 9.96. The van der Waals surface area contributed by atoms with Gasteiger partial charge in [-0.15, -0.1) is 0 Å². The molecule has 2 atom stereocenters. The van der Waals surface area contributed by atoms with E-state index >= 15 is 0 Å². The van der Waals surface area contributed by atoms with E-state index in [1.54, 1.807) is 0 Å². The van der Waals surface area contributed by atoms with E-state index in [0.717, 1.165) is 35.7 Å². The quantitative estimate of drug-likeness (QED) is 0.281. The molecule has 1 aliphatic rings. The molecule has 0 saturated carbocycles. The summed E-state index contributed by atoms with van der Waals surface area (Å²) in [5, 5.41) is 6.26. The Bertz CT molecular complexity index is 1430. The number of anilines is 2. The molecule has 0 fully saturated rings. The SMILES string of the molecule is COC(=O)c1cc(N2CC(C)(CCN[C@H](C)c3cccc4ccccc34)Oc3ccccc32)ccc1C. The van der Waals surface area contributed by atoms with Crippen LogP contribution in [-0.4, -0.2) is 31.8 Å². The minimum Gasteiger partial charge on any atom is -0.483 e. The van der Waals surface area contributed by atoms with Crippen LogP contribution in [0.4, 0.5) is 11.4 Å². The van der Waals surface area contributed by atoms with E-state index in [1.165, 1.54) is 23.4 Å². The highest BCUT2D eigenvalue weighted by Crippen LogP contribution is 2.42. The van der Waals surface area contributed by atoms with Crippen molar-refractivity contribution < 1.29 is 14.3 Å². The topological polar surface area (TPSA) is 50.8 Å². The van der Waals surface area contributed by atoms with E-state index in [1.807, 2.05) is 37.3 Å². The van der Waals surface area contributed by atoms with E-state index in [2.05, 4.69) is 78.7 Å². The van der Waals surface area contributed by atoms with Gasteiger partial charge in [-0.2, -0.15) is 0 Å². The summed E-state index contributed by atoms with van der Waals surface area (Å²) < 4.78 is 11.6. The third-order valence-electron chi connectivity index (χ3n) is 7.34. The van der Waals surface area contributed by atoms with Crippen molar-refractivity contribution in [3.05, 3.63) is 102 Å². The van der Waals surface area contributed by atoms with Gasteiger partial charge in [-0.1, -0.05) is 60.7 Å². The zero-order valence-corrected chi connectivity index (χ0v) is 22.0. The highest BCUT2D eigenvalue weighted by atomic mass is 16.5. The minimum atomic E-state index is -0.420. The van der Waals surface area contributed by atoms with Gasteiger partial charge in [0.05, 0.1) is 24.9 Å². The second-order valence-electron chi connectivity index (χ2n) is 10.1. The minimum absolute atomic E-state index is 0.210. The number of rotatable bonds is 7. The molecule has 5 rings (SSSR count). The number of carbonyl (C=O) groups is 1. The molecule has 0 aliphatic carbocycles. The molecule has 5 nitrogen and oxygen atoms in total. The normalized spacial score (nSPS) is 17.7. The zero-order valence-electron chi connectivity index (χ0n) is 22.0. The van der Waals surface area contributed by atoms with Gasteiger partial charge in [-0.05, 0) is 73.5 Å². The Kier molecular flexibility index (Phi) is 6.90. The molecule has 0 spiro atoms. The lowest BCUT2D eigenvalue weighted by molar-refractivity contribution is 0.0600. The number of hydrogen-bond acceptors (Lipinski definition) is 5. The van der Waals surface area contributed by atoms with Gasteiger partial charge in [0, 0.05) is 18.2 Å². The highest BCUT2D eigenvalue weighted by molar-refractivity contribution is 5.92. The molecule has 4 aromatic carbocycles. The summed E-state index contributed by atoms with van der Waals surface area (Å²) in [5.41, 5.74) is 4.30. The van der Waals surface area contributed by atoms with Crippen molar-refractivity contribution in [2.45, 2.75) is 38.8 Å². The van der Waals surface area contributed by atoms with E-state index in [9.17, 15) is 4.79 Å². The summed E-state index contributed by atoms with van der Waals surface area (Å²) in [5.74, 6) is 0.522. The van der Waals surface area contributed by atoms with Crippen molar-refractivity contribution >= 4 is 28.1 Å². The zero-order chi connectivity index (χ0) is 26.0. The fraction of sp³-hybridized carbons (Fsp3) is 0.281. The first-order valence-electron chi connectivity index (χ1n) is 12.8. The Hall–Kier alpha value is -3.83. The van der Waals surface area contributed by atoms with E-state index in [4.69, 9.17) is 9.47 Å². The first-order valence-corrected chi connectivity index (χ1v) is 12.8. The maximum atomic E-state index is 12.4. The standard InChI is InChI=1S/C32H34N2O3/c1-22-16-17-25(20-28(22)31(35)36-4)34-21-32(3,37-30-15-8-7-14-29(30)34)18-19-33-23(2)26-13-9-11-24-10-5-6-12-27(24)26/h5-17,20,23,33H,18-19,21H2,1-4H3/t23-,32?/m1/s1. The lowest BCUT2D eigenvalue weighted by Gasteiger charge is -2.43. The van der Waals surface area contributed by atoms with Crippen molar-refractivity contribution in [1.82, 2.24) is 5.32 Å². The fourth-order valence-corrected chi connectivity index (χ4v) is 5.24. The molecule has 37 heavy (non-hydrogen) atoms. The molecule has 0 amide bonds. The van der Waals surface area contributed by atoms with Crippen molar-refractivity contribution in [1.29, 1.82) is 0 Å². The molecule has 5 heteroatoms. The van der Waals surface area contributed by atoms with Crippen LogP contribution < -0.4 is 15.0 Å². The van der Waals surface area contributed by atoms with Crippen LogP contribution in [0.5, 0.6) is 5.75 Å². The number of ether oxygens (including phenoxy) is 2. The molecular formula is C32H34N2O3. The molecule has 1 N–H and O–H groups in total. The molecule has 4 aromatic rings. The third kappa shape index (κ3) is 5.05. The second kappa shape index (κ2) is 10.3. The average Bonchev–Trinajstić information content (AvgIpc) is 2.92. The first kappa shape index (κ1) is 24.8. The van der Waals surface area contributed by atoms with Crippen molar-refractivity contribution in [3.63, 3.8) is 0 Å². The second-order valence-corrected chi connectivity index (χ2v) is 10.1. The van der Waals surface area contributed by atoms with Gasteiger partial charge >= 0.3 is 5.97 Å². The van der Waals surface area contributed by atoms with Gasteiger partial charge in [-0.25, -0.2) is 4.79 Å². The van der Waals surface area contributed by atoms with Crippen LogP contribution in [0.1, 0.15) is 47.8 Å². The number of para-hydroxylation sites is 2. The summed E-state index contributed by atoms with van der Waals surface area (Å²) >= 11 is 0. The lowest BCUT2D eigenvalue weighted by Crippen LogP contribution is -2.49. The molecule has 1 heterocycles. The number of methoxy groups -OCH3 is 1. The summed E-state index contributed by atoms with van der Waals surface area (Å²) in [6.45, 7) is 7.77. The maximum absolute atomic E-state index is 12.4. The number of nitrogens with zero attached hydrogens (tertiary/aromatic N) is 1. The van der Waals surface area contributed by atoms with Crippen LogP contribution in [0.3, 0.4) is 0 Å². The van der Waals surface area contributed by atoms with Gasteiger partial charge < -0.3 is 19.7 Å². The van der Waals surface area contributed by atoms with Crippen molar-refractivity contribution in [2.75, 3.05) is 25.1 Å². The Morgan fingerprint density at radius 1 is 1.05 bits per heavy atom. The van der Waals surface area contributed by atoms with E-state index < -0.39 is 5.60 Å². The molecule has 0 aromatic heterocycles. The predicted molar refractivity (Wildman–Crippen MR) is 150 cm³/mol. The predicted octanol–water partition coefficient (Wildman–Crippen LogP) is 6.96. The largest absolute Gasteiger partial charge is 0.483 e. The molecule has 0 saturated heterocycles. The number of esters is 1. The van der Waals surface area contributed by atoms with Crippen LogP contribution in [0.15, 0.2) is 84.9 Å². The summed E-state index contributed by atoms with van der Waals surface area (Å²) in [6.07, 6.45) is 0.822. The van der Waals surface area contributed by atoms with Crippen molar-refractivity contribution in [2.24, 2.45) is 0 Å². The number of carbonyl (C=O) groups excluding carboxylic acids is 1. The van der Waals surface area contributed by atoms with Crippen LogP contribution in [0.25, 0.3) is 10.8 Å².